The summed E-state index contributed by atoms with van der Waals surface area (Å²) in [4.78, 5) is 27.8. The molecule has 1 atom stereocenters. The van der Waals surface area contributed by atoms with Crippen LogP contribution in [-0.2, 0) is 11.2 Å². The zero-order valence-corrected chi connectivity index (χ0v) is 15.1. The topological polar surface area (TPSA) is 71.0 Å². The van der Waals surface area contributed by atoms with Crippen LogP contribution in [0, 0.1) is 5.92 Å². The molecule has 0 spiro atoms. The van der Waals surface area contributed by atoms with Gasteiger partial charge in [-0.2, -0.15) is 0 Å². The Morgan fingerprint density at radius 2 is 2.17 bits per heavy atom. The molecule has 0 unspecified atom stereocenters. The maximum Gasteiger partial charge on any atom is 0.223 e. The third-order valence-electron chi connectivity index (χ3n) is 4.29. The average Bonchev–Trinajstić information content (AvgIpc) is 3.17. The predicted molar refractivity (Wildman–Crippen MR) is 96.0 cm³/mol. The number of carbonyl (C=O) groups excluding carboxylic acids is 1. The average molecular weight is 345 g/mol. The summed E-state index contributed by atoms with van der Waals surface area (Å²) in [6, 6.07) is 0.618. The van der Waals surface area contributed by atoms with Crippen molar-refractivity contribution in [1.29, 1.82) is 0 Å². The molecule has 3 rings (SSSR count). The van der Waals surface area contributed by atoms with Crippen molar-refractivity contribution in [1.82, 2.24) is 19.9 Å². The van der Waals surface area contributed by atoms with Crippen LogP contribution in [-0.4, -0.2) is 44.9 Å². The van der Waals surface area contributed by atoms with Gasteiger partial charge in [0, 0.05) is 31.9 Å². The van der Waals surface area contributed by atoms with Gasteiger partial charge in [-0.15, -0.1) is 0 Å². The van der Waals surface area contributed by atoms with Gasteiger partial charge in [-0.1, -0.05) is 11.3 Å². The number of amides is 1. The van der Waals surface area contributed by atoms with Crippen molar-refractivity contribution < 1.29 is 4.79 Å². The first-order valence-electron chi connectivity index (χ1n) is 8.30. The Kier molecular flexibility index (Phi) is 5.20. The third kappa shape index (κ3) is 4.15. The molecule has 2 aromatic rings. The van der Waals surface area contributed by atoms with Gasteiger partial charge >= 0.3 is 0 Å². The lowest BCUT2D eigenvalue weighted by atomic mass is 10.0. The molecular formula is C17H23N5OS. The second-order valence-electron chi connectivity index (χ2n) is 6.55. The lowest BCUT2D eigenvalue weighted by Gasteiger charge is -2.20. The Morgan fingerprint density at radius 3 is 2.79 bits per heavy atom. The van der Waals surface area contributed by atoms with Gasteiger partial charge in [-0.3, -0.25) is 14.8 Å². The van der Waals surface area contributed by atoms with Gasteiger partial charge in [0.2, 0.25) is 5.91 Å². The van der Waals surface area contributed by atoms with Crippen LogP contribution < -0.4 is 5.32 Å². The summed E-state index contributed by atoms with van der Waals surface area (Å²) in [5, 5.41) is 3.27. The van der Waals surface area contributed by atoms with Crippen LogP contribution in [0.25, 0.3) is 10.6 Å². The Hall–Kier alpha value is -1.86. The van der Waals surface area contributed by atoms with Crippen LogP contribution in [0.4, 0.5) is 5.13 Å². The number of likely N-dealkylation sites (tertiary alicyclic amines) is 1. The van der Waals surface area contributed by atoms with Gasteiger partial charge in [0.25, 0.3) is 0 Å². The summed E-state index contributed by atoms with van der Waals surface area (Å²) >= 11 is 1.40. The zero-order valence-electron chi connectivity index (χ0n) is 14.3. The van der Waals surface area contributed by atoms with E-state index in [4.69, 9.17) is 0 Å². The van der Waals surface area contributed by atoms with Crippen LogP contribution in [0.1, 0.15) is 32.9 Å². The Labute approximate surface area is 146 Å². The Morgan fingerprint density at radius 1 is 1.33 bits per heavy atom. The standard InChI is InChI=1S/C17H23N5OS/c1-11(2)22-5-4-13(10-22)6-14-7-19-15(8-18-14)16-9-20-17(24-16)21-12(3)23/h7-9,11,13H,4-6,10H2,1-3H3,(H,20,21,23)/t13-/m1/s1. The van der Waals surface area contributed by atoms with Gasteiger partial charge in [0.05, 0.1) is 16.8 Å². The molecule has 1 aliphatic rings. The molecule has 2 aromatic heterocycles. The first kappa shape index (κ1) is 17.0. The largest absolute Gasteiger partial charge is 0.302 e. The fourth-order valence-electron chi connectivity index (χ4n) is 2.98. The van der Waals surface area contributed by atoms with Gasteiger partial charge in [0.1, 0.15) is 5.69 Å². The number of hydrogen-bond acceptors (Lipinski definition) is 6. The Balaban J connectivity index is 1.61. The van der Waals surface area contributed by atoms with E-state index in [1.165, 1.54) is 31.2 Å². The van der Waals surface area contributed by atoms with Gasteiger partial charge in [0.15, 0.2) is 5.13 Å². The third-order valence-corrected chi connectivity index (χ3v) is 5.23. The molecule has 1 aliphatic heterocycles. The second-order valence-corrected chi connectivity index (χ2v) is 7.58. The molecule has 7 heteroatoms. The van der Waals surface area contributed by atoms with Crippen molar-refractivity contribution in [3.05, 3.63) is 24.3 Å². The Bertz CT molecular complexity index is 697. The molecule has 0 aliphatic carbocycles. The van der Waals surface area contributed by atoms with Gasteiger partial charge in [-0.25, -0.2) is 4.98 Å². The van der Waals surface area contributed by atoms with E-state index < -0.39 is 0 Å². The fourth-order valence-corrected chi connectivity index (χ4v) is 3.81. The van der Waals surface area contributed by atoms with E-state index in [-0.39, 0.29) is 5.91 Å². The first-order chi connectivity index (χ1) is 11.5. The summed E-state index contributed by atoms with van der Waals surface area (Å²) in [6.07, 6.45) is 7.60. The first-order valence-corrected chi connectivity index (χ1v) is 9.11. The highest BCUT2D eigenvalue weighted by Gasteiger charge is 2.24. The molecule has 0 bridgehead atoms. The number of hydrogen-bond donors (Lipinski definition) is 1. The SMILES string of the molecule is CC(=O)Nc1ncc(-c2cnc(C[C@H]3CCN(C(C)C)C3)cn2)s1. The number of rotatable bonds is 5. The van der Waals surface area contributed by atoms with E-state index in [2.05, 4.69) is 39.0 Å². The molecule has 1 amide bonds. The lowest BCUT2D eigenvalue weighted by molar-refractivity contribution is -0.114. The number of thiazole rings is 1. The van der Waals surface area contributed by atoms with Crippen LogP contribution in [0.3, 0.4) is 0 Å². The number of anilines is 1. The molecule has 0 radical (unpaired) electrons. The summed E-state index contributed by atoms with van der Waals surface area (Å²) in [5.41, 5.74) is 1.84. The number of carbonyl (C=O) groups is 1. The molecular weight excluding hydrogens is 322 g/mol. The quantitative estimate of drug-likeness (QED) is 0.902. The molecule has 1 N–H and O–H groups in total. The van der Waals surface area contributed by atoms with E-state index in [0.717, 1.165) is 29.2 Å². The highest BCUT2D eigenvalue weighted by atomic mass is 32.1. The van der Waals surface area contributed by atoms with Crippen molar-refractivity contribution in [2.75, 3.05) is 18.4 Å². The maximum atomic E-state index is 11.1. The number of nitrogens with zero attached hydrogens (tertiary/aromatic N) is 4. The monoisotopic (exact) mass is 345 g/mol. The highest BCUT2D eigenvalue weighted by molar-refractivity contribution is 7.19. The van der Waals surface area contributed by atoms with Crippen molar-refractivity contribution >= 4 is 22.4 Å². The van der Waals surface area contributed by atoms with E-state index in [1.54, 1.807) is 12.4 Å². The van der Waals surface area contributed by atoms with Crippen molar-refractivity contribution in [2.45, 2.75) is 39.7 Å². The second kappa shape index (κ2) is 7.36. The van der Waals surface area contributed by atoms with Crippen molar-refractivity contribution in [3.8, 4) is 10.6 Å². The van der Waals surface area contributed by atoms with E-state index in [0.29, 0.717) is 17.1 Å². The van der Waals surface area contributed by atoms with Crippen LogP contribution in [0.5, 0.6) is 0 Å². The summed E-state index contributed by atoms with van der Waals surface area (Å²) < 4.78 is 0. The van der Waals surface area contributed by atoms with Crippen molar-refractivity contribution in [3.63, 3.8) is 0 Å². The molecule has 3 heterocycles. The highest BCUT2D eigenvalue weighted by Crippen LogP contribution is 2.27. The number of aromatic nitrogens is 3. The lowest BCUT2D eigenvalue weighted by Crippen LogP contribution is -2.28. The smallest absolute Gasteiger partial charge is 0.223 e. The molecule has 0 aromatic carbocycles. The van der Waals surface area contributed by atoms with Crippen LogP contribution >= 0.6 is 11.3 Å². The summed E-state index contributed by atoms with van der Waals surface area (Å²) in [5.74, 6) is 0.548. The minimum Gasteiger partial charge on any atom is -0.302 e. The normalized spacial score (nSPS) is 18.2. The van der Waals surface area contributed by atoms with Gasteiger partial charge in [-0.05, 0) is 39.2 Å². The van der Waals surface area contributed by atoms with E-state index in [1.807, 2.05) is 6.20 Å². The van der Waals surface area contributed by atoms with E-state index in [9.17, 15) is 4.79 Å². The fraction of sp³-hybridized carbons (Fsp3) is 0.529. The molecule has 6 nitrogen and oxygen atoms in total. The zero-order chi connectivity index (χ0) is 17.1. The predicted octanol–water partition coefficient (Wildman–Crippen LogP) is 2.83. The van der Waals surface area contributed by atoms with Gasteiger partial charge < -0.3 is 10.2 Å². The van der Waals surface area contributed by atoms with Crippen LogP contribution in [0.2, 0.25) is 0 Å². The summed E-state index contributed by atoms with van der Waals surface area (Å²) in [7, 11) is 0. The molecule has 1 saturated heterocycles. The van der Waals surface area contributed by atoms with Crippen LogP contribution in [0.15, 0.2) is 18.6 Å². The minimum absolute atomic E-state index is 0.121. The number of nitrogens with one attached hydrogen (secondary N) is 1. The molecule has 128 valence electrons. The maximum absolute atomic E-state index is 11.1. The minimum atomic E-state index is -0.121. The summed E-state index contributed by atoms with van der Waals surface area (Å²) in [6.45, 7) is 8.30. The molecule has 1 fully saturated rings. The van der Waals surface area contributed by atoms with Crippen molar-refractivity contribution in [2.24, 2.45) is 5.92 Å². The molecule has 24 heavy (non-hydrogen) atoms. The van der Waals surface area contributed by atoms with E-state index >= 15 is 0 Å². The molecule has 0 saturated carbocycles.